The van der Waals surface area contributed by atoms with E-state index in [1.807, 2.05) is 4.90 Å². The lowest BCUT2D eigenvalue weighted by Gasteiger charge is -2.28. The molecule has 0 bridgehead atoms. The zero-order valence-electron chi connectivity index (χ0n) is 15.4. The van der Waals surface area contributed by atoms with Gasteiger partial charge >= 0.3 is 17.8 Å². The average Bonchev–Trinajstić information content (AvgIpc) is 3.20. The van der Waals surface area contributed by atoms with Gasteiger partial charge < -0.3 is 24.7 Å². The normalized spacial score (nSPS) is 13.9. The molecule has 2 N–H and O–H groups in total. The minimum absolute atomic E-state index is 0.162. The van der Waals surface area contributed by atoms with E-state index >= 15 is 0 Å². The van der Waals surface area contributed by atoms with Crippen LogP contribution in [0.2, 0.25) is 5.02 Å². The smallest absolute Gasteiger partial charge is 0.320 e. The number of aromatic nitrogens is 3. The van der Waals surface area contributed by atoms with Crippen LogP contribution in [0.3, 0.4) is 0 Å². The van der Waals surface area contributed by atoms with Crippen molar-refractivity contribution < 1.29 is 22.7 Å². The minimum Gasteiger partial charge on any atom is -0.399 e. The molecule has 0 aliphatic carbocycles. The molecule has 30 heavy (non-hydrogen) atoms. The number of carbonyl (C=O) groups excluding carboxylic acids is 1. The number of morpholine rings is 1. The molecule has 1 aliphatic heterocycles. The molecule has 0 unspecified atom stereocenters. The van der Waals surface area contributed by atoms with Crippen LogP contribution >= 0.6 is 11.6 Å². The highest BCUT2D eigenvalue weighted by Gasteiger charge is 2.19. The van der Waals surface area contributed by atoms with Crippen molar-refractivity contribution in [2.75, 3.05) is 41.8 Å². The molecule has 1 aliphatic rings. The van der Waals surface area contributed by atoms with Crippen molar-refractivity contribution in [1.29, 1.82) is 0 Å². The van der Waals surface area contributed by atoms with Gasteiger partial charge in [0.1, 0.15) is 5.82 Å². The van der Waals surface area contributed by atoms with E-state index in [9.17, 15) is 13.6 Å². The number of anilines is 4. The fraction of sp³-hybridized carbons (Fsp3) is 0.222. The number of hydrogen-bond acceptors (Lipinski definition) is 8. The number of benzene rings is 1. The number of carbonyl (C=O) groups is 1. The second-order valence-corrected chi connectivity index (χ2v) is 6.66. The lowest BCUT2D eigenvalue weighted by Crippen LogP contribution is -2.36. The molecular formula is C18H15ClF2N6O3. The van der Waals surface area contributed by atoms with Crippen LogP contribution in [0.1, 0.15) is 10.7 Å². The second-order valence-electron chi connectivity index (χ2n) is 6.25. The fourth-order valence-corrected chi connectivity index (χ4v) is 3.04. The Morgan fingerprint density at radius 3 is 2.63 bits per heavy atom. The van der Waals surface area contributed by atoms with Gasteiger partial charge in [0.25, 0.3) is 0 Å². The third kappa shape index (κ3) is 4.47. The maximum Gasteiger partial charge on any atom is 0.320 e. The number of nitrogens with one attached hydrogen (secondary N) is 2. The standard InChI is InChI=1S/C18H15ClF2N6O3/c19-12-7-11(9-22-15(12)27-3-5-29-6-4-27)23-16(28)17-25-26-18(30-17)24-10-1-2-13(20)14(21)8-10/h1-2,7-9H,3-6H2,(H,23,28)(H,24,26). The molecule has 156 valence electrons. The topological polar surface area (TPSA) is 105 Å². The summed E-state index contributed by atoms with van der Waals surface area (Å²) in [6.45, 7) is 2.53. The maximum absolute atomic E-state index is 13.3. The third-order valence-corrected chi connectivity index (χ3v) is 4.46. The largest absolute Gasteiger partial charge is 0.399 e. The predicted molar refractivity (Wildman–Crippen MR) is 104 cm³/mol. The molecule has 1 saturated heterocycles. The van der Waals surface area contributed by atoms with Gasteiger partial charge in [0, 0.05) is 24.8 Å². The van der Waals surface area contributed by atoms with E-state index in [2.05, 4.69) is 25.8 Å². The van der Waals surface area contributed by atoms with Crippen molar-refractivity contribution in [3.8, 4) is 0 Å². The summed E-state index contributed by atoms with van der Waals surface area (Å²) in [5.41, 5.74) is 0.523. The fourth-order valence-electron chi connectivity index (χ4n) is 2.75. The molecule has 2 aromatic heterocycles. The Morgan fingerprint density at radius 2 is 1.90 bits per heavy atom. The number of amides is 1. The molecule has 1 fully saturated rings. The van der Waals surface area contributed by atoms with Gasteiger partial charge in [0.2, 0.25) is 0 Å². The Labute approximate surface area is 174 Å². The second kappa shape index (κ2) is 8.59. The monoisotopic (exact) mass is 436 g/mol. The zero-order valence-corrected chi connectivity index (χ0v) is 16.1. The lowest BCUT2D eigenvalue weighted by molar-refractivity contribution is 0.0991. The Balaban J connectivity index is 1.41. The van der Waals surface area contributed by atoms with Crippen molar-refractivity contribution in [3.63, 3.8) is 0 Å². The van der Waals surface area contributed by atoms with E-state index in [1.54, 1.807) is 6.07 Å². The molecule has 1 amide bonds. The van der Waals surface area contributed by atoms with Gasteiger partial charge in [-0.3, -0.25) is 4.79 Å². The zero-order chi connectivity index (χ0) is 21.1. The highest BCUT2D eigenvalue weighted by molar-refractivity contribution is 6.33. The average molecular weight is 437 g/mol. The first-order chi connectivity index (χ1) is 14.5. The highest BCUT2D eigenvalue weighted by Crippen LogP contribution is 2.27. The molecule has 12 heteroatoms. The van der Waals surface area contributed by atoms with Crippen LogP contribution in [-0.4, -0.2) is 47.4 Å². The third-order valence-electron chi connectivity index (χ3n) is 4.18. The lowest BCUT2D eigenvalue weighted by atomic mass is 10.3. The summed E-state index contributed by atoms with van der Waals surface area (Å²) in [6, 6.07) is 4.55. The van der Waals surface area contributed by atoms with Gasteiger partial charge in [0.15, 0.2) is 11.6 Å². The minimum atomic E-state index is -1.04. The van der Waals surface area contributed by atoms with E-state index in [-0.39, 0.29) is 17.6 Å². The van der Waals surface area contributed by atoms with Crippen molar-refractivity contribution in [1.82, 2.24) is 15.2 Å². The summed E-state index contributed by atoms with van der Waals surface area (Å²) in [5.74, 6) is -2.44. The summed E-state index contributed by atoms with van der Waals surface area (Å²) in [5, 5.41) is 12.8. The summed E-state index contributed by atoms with van der Waals surface area (Å²) in [4.78, 5) is 18.6. The van der Waals surface area contributed by atoms with Gasteiger partial charge in [-0.25, -0.2) is 13.8 Å². The number of halogens is 3. The molecular weight excluding hydrogens is 422 g/mol. The molecule has 0 radical (unpaired) electrons. The van der Waals surface area contributed by atoms with Gasteiger partial charge in [-0.1, -0.05) is 16.7 Å². The molecule has 0 atom stereocenters. The summed E-state index contributed by atoms with van der Waals surface area (Å²) < 4.78 is 36.8. The Hall–Kier alpha value is -3.31. The van der Waals surface area contributed by atoms with E-state index in [4.69, 9.17) is 20.8 Å². The molecule has 1 aromatic carbocycles. The molecule has 4 rings (SSSR count). The number of nitrogens with zero attached hydrogens (tertiary/aromatic N) is 4. The Kier molecular flexibility index (Phi) is 5.72. The highest BCUT2D eigenvalue weighted by atomic mass is 35.5. The molecule has 9 nitrogen and oxygen atoms in total. The van der Waals surface area contributed by atoms with Crippen LogP contribution < -0.4 is 15.5 Å². The van der Waals surface area contributed by atoms with Crippen molar-refractivity contribution in [2.24, 2.45) is 0 Å². The number of hydrogen-bond donors (Lipinski definition) is 2. The van der Waals surface area contributed by atoms with Crippen LogP contribution in [0.25, 0.3) is 0 Å². The first-order valence-corrected chi connectivity index (χ1v) is 9.22. The summed E-state index contributed by atoms with van der Waals surface area (Å²) in [6.07, 6.45) is 1.46. The van der Waals surface area contributed by atoms with E-state index in [1.165, 1.54) is 12.3 Å². The van der Waals surface area contributed by atoms with Crippen molar-refractivity contribution in [2.45, 2.75) is 0 Å². The first kappa shape index (κ1) is 20.0. The van der Waals surface area contributed by atoms with Crippen LogP contribution in [-0.2, 0) is 4.74 Å². The Bertz CT molecular complexity index is 1070. The number of pyridine rings is 1. The van der Waals surface area contributed by atoms with Crippen LogP contribution in [0.15, 0.2) is 34.9 Å². The molecule has 0 saturated carbocycles. The molecule has 3 heterocycles. The van der Waals surface area contributed by atoms with E-state index in [0.29, 0.717) is 42.8 Å². The Morgan fingerprint density at radius 1 is 1.10 bits per heavy atom. The van der Waals surface area contributed by atoms with Gasteiger partial charge in [-0.05, 0) is 18.2 Å². The van der Waals surface area contributed by atoms with Crippen LogP contribution in [0, 0.1) is 11.6 Å². The van der Waals surface area contributed by atoms with Crippen LogP contribution in [0.5, 0.6) is 0 Å². The van der Waals surface area contributed by atoms with Gasteiger partial charge in [-0.15, -0.1) is 5.10 Å². The van der Waals surface area contributed by atoms with Gasteiger partial charge in [-0.2, -0.15) is 0 Å². The first-order valence-electron chi connectivity index (χ1n) is 8.85. The maximum atomic E-state index is 13.3. The number of rotatable bonds is 5. The summed E-state index contributed by atoms with van der Waals surface area (Å²) in [7, 11) is 0. The SMILES string of the molecule is O=C(Nc1cnc(N2CCOCC2)c(Cl)c1)c1nnc(Nc2ccc(F)c(F)c2)o1. The quantitative estimate of drug-likeness (QED) is 0.628. The van der Waals surface area contributed by atoms with Crippen LogP contribution in [0.4, 0.5) is 32.0 Å². The number of ether oxygens (including phenoxy) is 1. The molecule has 3 aromatic rings. The van der Waals surface area contributed by atoms with E-state index in [0.717, 1.165) is 12.1 Å². The summed E-state index contributed by atoms with van der Waals surface area (Å²) >= 11 is 6.30. The predicted octanol–water partition coefficient (Wildman–Crippen LogP) is 3.23. The van der Waals surface area contributed by atoms with Crippen molar-refractivity contribution >= 4 is 40.7 Å². The van der Waals surface area contributed by atoms with Gasteiger partial charge in [0.05, 0.1) is 30.1 Å². The van der Waals surface area contributed by atoms with E-state index < -0.39 is 17.5 Å². The molecule has 0 spiro atoms. The van der Waals surface area contributed by atoms with Crippen molar-refractivity contribution in [3.05, 3.63) is 53.0 Å².